The Kier molecular flexibility index (Phi) is 2.88. The molecule has 0 spiro atoms. The molecule has 1 unspecified atom stereocenters. The summed E-state index contributed by atoms with van der Waals surface area (Å²) in [5, 5.41) is 3.66. The highest BCUT2D eigenvalue weighted by Gasteiger charge is 2.39. The maximum Gasteiger partial charge on any atom is 0.373 e. The van der Waals surface area contributed by atoms with Gasteiger partial charge < -0.3 is 13.9 Å². The van der Waals surface area contributed by atoms with E-state index in [0.29, 0.717) is 6.42 Å². The summed E-state index contributed by atoms with van der Waals surface area (Å²) in [7, 11) is -0.434. The summed E-state index contributed by atoms with van der Waals surface area (Å²) in [6, 6.07) is 0. The SMILES string of the molecule is COP(=O)(OC)C1CC(C)=NO1. The Morgan fingerprint density at radius 3 is 2.50 bits per heavy atom. The van der Waals surface area contributed by atoms with Crippen LogP contribution in [0.5, 0.6) is 0 Å². The molecule has 0 amide bonds. The third-order valence-electron chi connectivity index (χ3n) is 1.66. The van der Waals surface area contributed by atoms with Gasteiger partial charge in [0.25, 0.3) is 0 Å². The van der Waals surface area contributed by atoms with Crippen LogP contribution in [0.15, 0.2) is 5.16 Å². The Hall–Kier alpha value is -0.380. The predicted octanol–water partition coefficient (Wildman–Crippen LogP) is 1.59. The highest BCUT2D eigenvalue weighted by molar-refractivity contribution is 7.54. The maximum absolute atomic E-state index is 11.7. The molecule has 1 atom stereocenters. The number of rotatable bonds is 3. The van der Waals surface area contributed by atoms with Gasteiger partial charge in [0, 0.05) is 20.6 Å². The molecule has 0 saturated carbocycles. The Bertz CT molecular complexity index is 232. The van der Waals surface area contributed by atoms with E-state index in [1.54, 1.807) is 6.92 Å². The molecule has 0 saturated heterocycles. The third-order valence-corrected chi connectivity index (χ3v) is 3.66. The molecule has 1 aliphatic rings. The molecule has 0 N–H and O–H groups in total. The van der Waals surface area contributed by atoms with E-state index >= 15 is 0 Å². The topological polar surface area (TPSA) is 57.1 Å². The van der Waals surface area contributed by atoms with Crippen molar-refractivity contribution in [2.45, 2.75) is 19.2 Å². The molecular weight excluding hydrogens is 181 g/mol. The molecule has 1 heterocycles. The fraction of sp³-hybridized carbons (Fsp3) is 0.833. The van der Waals surface area contributed by atoms with Crippen molar-refractivity contribution in [3.8, 4) is 0 Å². The smallest absolute Gasteiger partial charge is 0.373 e. The van der Waals surface area contributed by atoms with Crippen LogP contribution < -0.4 is 0 Å². The summed E-state index contributed by atoms with van der Waals surface area (Å²) in [4.78, 5) is 4.89. The lowest BCUT2D eigenvalue weighted by Crippen LogP contribution is -2.10. The predicted molar refractivity (Wildman–Crippen MR) is 44.2 cm³/mol. The first-order valence-corrected chi connectivity index (χ1v) is 5.14. The van der Waals surface area contributed by atoms with Gasteiger partial charge in [-0.25, -0.2) is 0 Å². The molecule has 1 aliphatic heterocycles. The molecular formula is C6H12NO4P. The normalized spacial score (nSPS) is 23.6. The van der Waals surface area contributed by atoms with Gasteiger partial charge in [-0.15, -0.1) is 0 Å². The Morgan fingerprint density at radius 2 is 2.17 bits per heavy atom. The van der Waals surface area contributed by atoms with E-state index in [2.05, 4.69) is 5.16 Å². The highest BCUT2D eigenvalue weighted by Crippen LogP contribution is 2.54. The molecule has 70 valence electrons. The van der Waals surface area contributed by atoms with E-state index in [-0.39, 0.29) is 0 Å². The van der Waals surface area contributed by atoms with Crippen molar-refractivity contribution in [3.63, 3.8) is 0 Å². The first-order chi connectivity index (χ1) is 5.62. The molecule has 0 bridgehead atoms. The summed E-state index contributed by atoms with van der Waals surface area (Å²) in [5.41, 5.74) is 0.800. The summed E-state index contributed by atoms with van der Waals surface area (Å²) in [6.07, 6.45) is 0.499. The number of oxime groups is 1. The van der Waals surface area contributed by atoms with E-state index < -0.39 is 13.4 Å². The van der Waals surface area contributed by atoms with Crippen molar-refractivity contribution >= 4 is 13.3 Å². The molecule has 6 heteroatoms. The van der Waals surface area contributed by atoms with E-state index in [4.69, 9.17) is 13.9 Å². The van der Waals surface area contributed by atoms with Crippen molar-refractivity contribution in [1.29, 1.82) is 0 Å². The fourth-order valence-electron chi connectivity index (χ4n) is 0.957. The van der Waals surface area contributed by atoms with Gasteiger partial charge in [0.1, 0.15) is 0 Å². The number of hydrogen-bond acceptors (Lipinski definition) is 5. The lowest BCUT2D eigenvalue weighted by atomic mass is 10.3. The molecule has 1 rings (SSSR count). The number of hydrogen-bond donors (Lipinski definition) is 0. The zero-order chi connectivity index (χ0) is 9.19. The van der Waals surface area contributed by atoms with Crippen molar-refractivity contribution in [2.24, 2.45) is 5.16 Å². The van der Waals surface area contributed by atoms with Crippen molar-refractivity contribution < 1.29 is 18.5 Å². The van der Waals surface area contributed by atoms with Crippen LogP contribution in [-0.4, -0.2) is 25.8 Å². The summed E-state index contributed by atoms with van der Waals surface area (Å²) >= 11 is 0. The average Bonchev–Trinajstić information content (AvgIpc) is 2.51. The van der Waals surface area contributed by atoms with Gasteiger partial charge in [0.15, 0.2) is 0 Å². The van der Waals surface area contributed by atoms with Gasteiger partial charge in [-0.05, 0) is 6.92 Å². The Morgan fingerprint density at radius 1 is 1.58 bits per heavy atom. The van der Waals surface area contributed by atoms with Gasteiger partial charge in [0.2, 0.25) is 5.85 Å². The molecule has 0 aliphatic carbocycles. The summed E-state index contributed by atoms with van der Waals surface area (Å²) in [5.74, 6) is -0.576. The van der Waals surface area contributed by atoms with Crippen LogP contribution in [0.25, 0.3) is 0 Å². The van der Waals surface area contributed by atoms with Gasteiger partial charge in [-0.3, -0.25) is 4.57 Å². The highest BCUT2D eigenvalue weighted by atomic mass is 31.2. The van der Waals surface area contributed by atoms with Crippen LogP contribution in [0, 0.1) is 0 Å². The largest absolute Gasteiger partial charge is 0.379 e. The van der Waals surface area contributed by atoms with Gasteiger partial charge in [-0.2, -0.15) is 0 Å². The van der Waals surface area contributed by atoms with E-state index in [9.17, 15) is 4.57 Å². The van der Waals surface area contributed by atoms with Crippen molar-refractivity contribution in [3.05, 3.63) is 0 Å². The molecule has 12 heavy (non-hydrogen) atoms. The van der Waals surface area contributed by atoms with Crippen LogP contribution in [-0.2, 0) is 18.5 Å². The first-order valence-electron chi connectivity index (χ1n) is 3.53. The maximum atomic E-state index is 11.7. The minimum atomic E-state index is -3.10. The van der Waals surface area contributed by atoms with Gasteiger partial charge in [-0.1, -0.05) is 5.16 Å². The van der Waals surface area contributed by atoms with Crippen LogP contribution in [0.2, 0.25) is 0 Å². The summed E-state index contributed by atoms with van der Waals surface area (Å²) in [6.45, 7) is 1.80. The Balaban J connectivity index is 2.65. The van der Waals surface area contributed by atoms with E-state index in [1.165, 1.54) is 14.2 Å². The van der Waals surface area contributed by atoms with Crippen LogP contribution >= 0.6 is 7.60 Å². The van der Waals surface area contributed by atoms with Crippen molar-refractivity contribution in [1.82, 2.24) is 0 Å². The molecule has 0 aromatic carbocycles. The van der Waals surface area contributed by atoms with E-state index in [0.717, 1.165) is 5.71 Å². The molecule has 0 aromatic rings. The second-order valence-corrected chi connectivity index (χ2v) is 4.88. The van der Waals surface area contributed by atoms with Crippen LogP contribution in [0.1, 0.15) is 13.3 Å². The van der Waals surface area contributed by atoms with Crippen molar-refractivity contribution in [2.75, 3.05) is 14.2 Å². The summed E-state index contributed by atoms with van der Waals surface area (Å²) < 4.78 is 21.2. The minimum Gasteiger partial charge on any atom is -0.379 e. The molecule has 5 nitrogen and oxygen atoms in total. The fourth-order valence-corrected chi connectivity index (χ4v) is 2.23. The number of nitrogens with zero attached hydrogens (tertiary/aromatic N) is 1. The molecule has 0 aromatic heterocycles. The van der Waals surface area contributed by atoms with Crippen LogP contribution in [0.3, 0.4) is 0 Å². The lowest BCUT2D eigenvalue weighted by Gasteiger charge is -2.17. The zero-order valence-electron chi connectivity index (χ0n) is 7.31. The van der Waals surface area contributed by atoms with Crippen LogP contribution in [0.4, 0.5) is 0 Å². The second kappa shape index (κ2) is 3.56. The minimum absolute atomic E-state index is 0.499. The van der Waals surface area contributed by atoms with Gasteiger partial charge >= 0.3 is 7.60 Å². The quantitative estimate of drug-likeness (QED) is 0.638. The zero-order valence-corrected chi connectivity index (χ0v) is 8.21. The third kappa shape index (κ3) is 1.68. The second-order valence-electron chi connectivity index (χ2n) is 2.50. The Labute approximate surface area is 71.2 Å². The van der Waals surface area contributed by atoms with E-state index in [1.807, 2.05) is 0 Å². The molecule has 0 fully saturated rings. The van der Waals surface area contributed by atoms with Gasteiger partial charge in [0.05, 0.1) is 5.71 Å². The standard InChI is InChI=1S/C6H12NO4P/c1-5-4-6(11-7-5)12(8,9-2)10-3/h6H,4H2,1-3H3. The monoisotopic (exact) mass is 193 g/mol. The molecule has 0 radical (unpaired) electrons. The average molecular weight is 193 g/mol. The first kappa shape index (κ1) is 9.71. The lowest BCUT2D eigenvalue weighted by molar-refractivity contribution is 0.106.